The van der Waals surface area contributed by atoms with Gasteiger partial charge >= 0.3 is 11.9 Å². The van der Waals surface area contributed by atoms with Gasteiger partial charge in [0, 0.05) is 0 Å². The highest BCUT2D eigenvalue weighted by molar-refractivity contribution is 6.01. The standard InChI is InChI=1S/C19H22O4/c1-3-22-17(20)19(18(21)23-4-2)11-15-9-13-7-5-6-8-14(13)10-16(15)12-19/h5-9,16H,3-4,10-12H2,1-2H3. The second kappa shape index (κ2) is 6.19. The summed E-state index contributed by atoms with van der Waals surface area (Å²) in [6.07, 6.45) is 3.88. The van der Waals surface area contributed by atoms with Crippen LogP contribution in [0.3, 0.4) is 0 Å². The summed E-state index contributed by atoms with van der Waals surface area (Å²) in [4.78, 5) is 25.1. The lowest BCUT2D eigenvalue weighted by atomic mass is 9.83. The zero-order valence-electron chi connectivity index (χ0n) is 13.6. The normalized spacial score (nSPS) is 21.0. The van der Waals surface area contributed by atoms with E-state index in [2.05, 4.69) is 18.2 Å². The molecule has 0 N–H and O–H groups in total. The summed E-state index contributed by atoms with van der Waals surface area (Å²) in [5.41, 5.74) is 2.43. The van der Waals surface area contributed by atoms with Gasteiger partial charge in [-0.25, -0.2) is 0 Å². The summed E-state index contributed by atoms with van der Waals surface area (Å²) in [6.45, 7) is 4.05. The van der Waals surface area contributed by atoms with E-state index >= 15 is 0 Å². The first kappa shape index (κ1) is 15.8. The van der Waals surface area contributed by atoms with E-state index in [1.807, 2.05) is 12.1 Å². The summed E-state index contributed by atoms with van der Waals surface area (Å²) in [5.74, 6) is -0.686. The summed E-state index contributed by atoms with van der Waals surface area (Å²) in [6, 6.07) is 8.22. The third kappa shape index (κ3) is 2.67. The maximum absolute atomic E-state index is 12.5. The van der Waals surface area contributed by atoms with Crippen LogP contribution in [0.25, 0.3) is 6.08 Å². The Kier molecular flexibility index (Phi) is 4.24. The van der Waals surface area contributed by atoms with Crippen molar-refractivity contribution >= 4 is 18.0 Å². The molecule has 0 spiro atoms. The lowest BCUT2D eigenvalue weighted by Gasteiger charge is -2.24. The highest BCUT2D eigenvalue weighted by Crippen LogP contribution is 2.51. The molecule has 0 bridgehead atoms. The molecule has 4 heteroatoms. The summed E-state index contributed by atoms with van der Waals surface area (Å²) in [5, 5.41) is 0. The average molecular weight is 314 g/mol. The number of carbonyl (C=O) groups is 2. The minimum absolute atomic E-state index is 0.207. The number of hydrogen-bond acceptors (Lipinski definition) is 4. The van der Waals surface area contributed by atoms with Crippen molar-refractivity contribution in [2.45, 2.75) is 33.1 Å². The van der Waals surface area contributed by atoms with Crippen molar-refractivity contribution in [3.63, 3.8) is 0 Å². The molecule has 1 fully saturated rings. The third-order valence-electron chi connectivity index (χ3n) is 4.82. The minimum atomic E-state index is -1.18. The highest BCUT2D eigenvalue weighted by Gasteiger charge is 2.56. The van der Waals surface area contributed by atoms with Crippen molar-refractivity contribution in [1.29, 1.82) is 0 Å². The largest absolute Gasteiger partial charge is 0.465 e. The van der Waals surface area contributed by atoms with Gasteiger partial charge in [0.05, 0.1) is 13.2 Å². The average Bonchev–Trinajstić information content (AvgIpc) is 2.92. The minimum Gasteiger partial charge on any atom is -0.465 e. The van der Waals surface area contributed by atoms with Gasteiger partial charge in [-0.05, 0) is 50.2 Å². The lowest BCUT2D eigenvalue weighted by Crippen LogP contribution is -2.40. The Labute approximate surface area is 136 Å². The van der Waals surface area contributed by atoms with Gasteiger partial charge in [-0.2, -0.15) is 0 Å². The number of carbonyl (C=O) groups excluding carboxylic acids is 2. The monoisotopic (exact) mass is 314 g/mol. The number of benzene rings is 1. The van der Waals surface area contributed by atoms with Crippen LogP contribution in [0.5, 0.6) is 0 Å². The van der Waals surface area contributed by atoms with Crippen LogP contribution in [0.15, 0.2) is 29.8 Å². The van der Waals surface area contributed by atoms with E-state index in [1.165, 1.54) is 11.1 Å². The molecule has 1 aromatic rings. The van der Waals surface area contributed by atoms with E-state index in [1.54, 1.807) is 13.8 Å². The Hall–Kier alpha value is -2.10. The lowest BCUT2D eigenvalue weighted by molar-refractivity contribution is -0.171. The highest BCUT2D eigenvalue weighted by atomic mass is 16.6. The molecule has 1 aromatic carbocycles. The Morgan fingerprint density at radius 1 is 1.13 bits per heavy atom. The first-order chi connectivity index (χ1) is 11.1. The van der Waals surface area contributed by atoms with Crippen LogP contribution in [0, 0.1) is 11.3 Å². The predicted molar refractivity (Wildman–Crippen MR) is 86.5 cm³/mol. The Morgan fingerprint density at radius 2 is 1.78 bits per heavy atom. The second-order valence-corrected chi connectivity index (χ2v) is 6.22. The molecule has 2 aliphatic rings. The van der Waals surface area contributed by atoms with Crippen molar-refractivity contribution in [2.75, 3.05) is 13.2 Å². The maximum atomic E-state index is 12.5. The number of esters is 2. The first-order valence-electron chi connectivity index (χ1n) is 8.23. The van der Waals surface area contributed by atoms with Crippen LogP contribution in [0.1, 0.15) is 37.8 Å². The number of fused-ring (bicyclic) bond motifs is 2. The van der Waals surface area contributed by atoms with Gasteiger partial charge in [0.25, 0.3) is 0 Å². The molecule has 1 atom stereocenters. The molecular weight excluding hydrogens is 292 g/mol. The molecule has 0 heterocycles. The molecule has 1 saturated carbocycles. The van der Waals surface area contributed by atoms with Crippen LogP contribution < -0.4 is 0 Å². The van der Waals surface area contributed by atoms with Gasteiger partial charge < -0.3 is 9.47 Å². The molecule has 122 valence electrons. The quantitative estimate of drug-likeness (QED) is 0.633. The number of hydrogen-bond donors (Lipinski definition) is 0. The van der Waals surface area contributed by atoms with E-state index in [9.17, 15) is 9.59 Å². The fourth-order valence-corrected chi connectivity index (χ4v) is 3.75. The number of allylic oxidation sites excluding steroid dienone is 1. The summed E-state index contributed by atoms with van der Waals surface area (Å²) < 4.78 is 10.4. The fraction of sp³-hybridized carbons (Fsp3) is 0.474. The molecule has 0 amide bonds. The van der Waals surface area contributed by atoms with Crippen molar-refractivity contribution in [3.8, 4) is 0 Å². The predicted octanol–water partition coefficient (Wildman–Crippen LogP) is 3.15. The van der Waals surface area contributed by atoms with Crippen LogP contribution in [-0.4, -0.2) is 25.2 Å². The van der Waals surface area contributed by atoms with Crippen LogP contribution >= 0.6 is 0 Å². The SMILES string of the molecule is CCOC(=O)C1(C(=O)OCC)CC2=Cc3ccccc3CC2C1. The van der Waals surface area contributed by atoms with Gasteiger partial charge in [0.15, 0.2) is 5.41 Å². The van der Waals surface area contributed by atoms with Crippen molar-refractivity contribution in [2.24, 2.45) is 11.3 Å². The molecule has 0 radical (unpaired) electrons. The van der Waals surface area contributed by atoms with E-state index in [0.29, 0.717) is 12.8 Å². The van der Waals surface area contributed by atoms with Crippen LogP contribution in [0.4, 0.5) is 0 Å². The molecule has 3 rings (SSSR count). The van der Waals surface area contributed by atoms with Crippen molar-refractivity contribution in [1.82, 2.24) is 0 Å². The number of ether oxygens (including phenoxy) is 2. The van der Waals surface area contributed by atoms with Gasteiger partial charge in [-0.1, -0.05) is 35.9 Å². The smallest absolute Gasteiger partial charge is 0.323 e. The van der Waals surface area contributed by atoms with Gasteiger partial charge in [0.1, 0.15) is 0 Å². The molecule has 2 aliphatic carbocycles. The van der Waals surface area contributed by atoms with Gasteiger partial charge in [-0.15, -0.1) is 0 Å². The zero-order valence-corrected chi connectivity index (χ0v) is 13.6. The third-order valence-corrected chi connectivity index (χ3v) is 4.82. The Morgan fingerprint density at radius 3 is 2.43 bits per heavy atom. The molecule has 1 unspecified atom stereocenters. The summed E-state index contributed by atoms with van der Waals surface area (Å²) in [7, 11) is 0. The molecule has 4 nitrogen and oxygen atoms in total. The van der Waals surface area contributed by atoms with Crippen molar-refractivity contribution < 1.29 is 19.1 Å². The first-order valence-corrected chi connectivity index (χ1v) is 8.23. The zero-order chi connectivity index (χ0) is 16.4. The van der Waals surface area contributed by atoms with E-state index in [4.69, 9.17) is 9.47 Å². The van der Waals surface area contributed by atoms with E-state index in [-0.39, 0.29) is 19.1 Å². The fourth-order valence-electron chi connectivity index (χ4n) is 3.75. The molecule has 0 aromatic heterocycles. The number of rotatable bonds is 4. The second-order valence-electron chi connectivity index (χ2n) is 6.22. The molecule has 0 aliphatic heterocycles. The van der Waals surface area contributed by atoms with Gasteiger partial charge in [-0.3, -0.25) is 9.59 Å². The maximum Gasteiger partial charge on any atom is 0.323 e. The van der Waals surface area contributed by atoms with E-state index in [0.717, 1.165) is 12.0 Å². The van der Waals surface area contributed by atoms with E-state index < -0.39 is 17.4 Å². The molecule has 0 saturated heterocycles. The topological polar surface area (TPSA) is 52.6 Å². The Balaban J connectivity index is 1.94. The van der Waals surface area contributed by atoms with Crippen molar-refractivity contribution in [3.05, 3.63) is 41.0 Å². The van der Waals surface area contributed by atoms with Gasteiger partial charge in [0.2, 0.25) is 0 Å². The van der Waals surface area contributed by atoms with Crippen LogP contribution in [0.2, 0.25) is 0 Å². The molecular formula is C19H22O4. The summed E-state index contributed by atoms with van der Waals surface area (Å²) >= 11 is 0. The van der Waals surface area contributed by atoms with Crippen LogP contribution in [-0.2, 0) is 25.5 Å². The molecule has 23 heavy (non-hydrogen) atoms. The Bertz CT molecular complexity index is 641.